The van der Waals surface area contributed by atoms with Gasteiger partial charge in [-0.15, -0.1) is 0 Å². The average molecular weight is 355 g/mol. The highest BCUT2D eigenvalue weighted by molar-refractivity contribution is 6.34. The summed E-state index contributed by atoms with van der Waals surface area (Å²) in [6, 6.07) is 4.65. The molecule has 0 aliphatic rings. The van der Waals surface area contributed by atoms with Crippen molar-refractivity contribution in [3.8, 4) is 0 Å². The van der Waals surface area contributed by atoms with Gasteiger partial charge in [-0.05, 0) is 29.8 Å². The van der Waals surface area contributed by atoms with Gasteiger partial charge in [0.05, 0.1) is 6.54 Å². The first-order valence-electron chi connectivity index (χ1n) is 5.92. The minimum atomic E-state index is -4.50. The van der Waals surface area contributed by atoms with Crippen molar-refractivity contribution in [3.63, 3.8) is 0 Å². The molecule has 0 atom stereocenters. The maximum absolute atomic E-state index is 11.9. The molecule has 4 nitrogen and oxygen atoms in total. The zero-order valence-electron chi connectivity index (χ0n) is 11.0. The van der Waals surface area contributed by atoms with Crippen LogP contribution in [0.15, 0.2) is 24.3 Å². The number of rotatable bonds is 5. The van der Waals surface area contributed by atoms with Crippen LogP contribution < -0.4 is 10.6 Å². The van der Waals surface area contributed by atoms with E-state index in [9.17, 15) is 22.8 Å². The summed E-state index contributed by atoms with van der Waals surface area (Å²) in [4.78, 5) is 22.5. The lowest BCUT2D eigenvalue weighted by molar-refractivity contribution is -0.138. The van der Waals surface area contributed by atoms with Crippen molar-refractivity contribution < 1.29 is 22.8 Å². The van der Waals surface area contributed by atoms with Crippen LogP contribution in [-0.4, -0.2) is 31.1 Å². The molecule has 0 saturated carbocycles. The second-order valence-corrected chi connectivity index (χ2v) is 4.95. The molecule has 9 heteroatoms. The normalized spacial score (nSPS) is 11.5. The second-order valence-electron chi connectivity index (χ2n) is 4.11. The maximum Gasteiger partial charge on any atom is 0.405 e. The van der Waals surface area contributed by atoms with E-state index in [0.717, 1.165) is 6.08 Å². The molecule has 0 fully saturated rings. The van der Waals surface area contributed by atoms with Crippen molar-refractivity contribution in [1.29, 1.82) is 0 Å². The fraction of sp³-hybridized carbons (Fsp3) is 0.231. The number of hydrogen-bond acceptors (Lipinski definition) is 2. The van der Waals surface area contributed by atoms with Crippen LogP contribution in [0, 0.1) is 0 Å². The predicted octanol–water partition coefficient (Wildman–Crippen LogP) is 2.80. The van der Waals surface area contributed by atoms with E-state index in [-0.39, 0.29) is 0 Å². The molecule has 0 unspecified atom stereocenters. The summed E-state index contributed by atoms with van der Waals surface area (Å²) in [5, 5.41) is 4.57. The molecule has 120 valence electrons. The van der Waals surface area contributed by atoms with E-state index < -0.39 is 31.1 Å². The molecule has 22 heavy (non-hydrogen) atoms. The highest BCUT2D eigenvalue weighted by Gasteiger charge is 2.27. The Kier molecular flexibility index (Phi) is 6.70. The van der Waals surface area contributed by atoms with Gasteiger partial charge in [0.25, 0.3) is 0 Å². The molecule has 0 aliphatic heterocycles. The number of carbonyl (C=O) groups is 2. The van der Waals surface area contributed by atoms with Gasteiger partial charge in [0.2, 0.25) is 11.8 Å². The Bertz CT molecular complexity index is 589. The predicted molar refractivity (Wildman–Crippen MR) is 77.6 cm³/mol. The number of amides is 2. The van der Waals surface area contributed by atoms with E-state index in [4.69, 9.17) is 23.2 Å². The van der Waals surface area contributed by atoms with Gasteiger partial charge in [-0.25, -0.2) is 0 Å². The van der Waals surface area contributed by atoms with Crippen LogP contribution in [0.4, 0.5) is 13.2 Å². The first-order valence-corrected chi connectivity index (χ1v) is 6.67. The molecule has 0 bridgehead atoms. The van der Waals surface area contributed by atoms with Gasteiger partial charge in [-0.1, -0.05) is 23.2 Å². The zero-order chi connectivity index (χ0) is 16.8. The Labute approximate surface area is 134 Å². The molecule has 1 rings (SSSR count). The molecule has 1 aromatic rings. The summed E-state index contributed by atoms with van der Waals surface area (Å²) >= 11 is 11.6. The van der Waals surface area contributed by atoms with Crippen molar-refractivity contribution in [2.75, 3.05) is 13.1 Å². The van der Waals surface area contributed by atoms with Gasteiger partial charge >= 0.3 is 6.18 Å². The smallest absolute Gasteiger partial charge is 0.345 e. The summed E-state index contributed by atoms with van der Waals surface area (Å²) in [6.07, 6.45) is -2.03. The second kappa shape index (κ2) is 8.05. The third kappa shape index (κ3) is 7.33. The number of nitrogens with one attached hydrogen (secondary N) is 2. The van der Waals surface area contributed by atoms with Gasteiger partial charge in [0.15, 0.2) is 0 Å². The van der Waals surface area contributed by atoms with Gasteiger partial charge in [-0.2, -0.15) is 13.2 Å². The standard InChI is InChI=1S/C13H11Cl2F3N2O2/c14-9-2-3-10(15)8(5-9)1-4-11(21)19-6-12(22)20-7-13(16,17)18/h1-5H,6-7H2,(H,19,21)(H,20,22). The largest absolute Gasteiger partial charge is 0.405 e. The zero-order valence-corrected chi connectivity index (χ0v) is 12.5. The molecule has 0 heterocycles. The fourth-order valence-corrected chi connectivity index (χ4v) is 1.66. The lowest BCUT2D eigenvalue weighted by Gasteiger charge is -2.08. The molecule has 2 N–H and O–H groups in total. The number of halogens is 5. The Morgan fingerprint density at radius 1 is 1.18 bits per heavy atom. The van der Waals surface area contributed by atoms with Crippen LogP contribution in [0.5, 0.6) is 0 Å². The van der Waals surface area contributed by atoms with Crippen molar-refractivity contribution in [3.05, 3.63) is 39.9 Å². The summed E-state index contributed by atoms with van der Waals surface area (Å²) < 4.78 is 35.6. The number of carbonyl (C=O) groups excluding carboxylic acids is 2. The topological polar surface area (TPSA) is 58.2 Å². The fourth-order valence-electron chi connectivity index (χ4n) is 1.30. The van der Waals surface area contributed by atoms with Crippen molar-refractivity contribution in [2.24, 2.45) is 0 Å². The van der Waals surface area contributed by atoms with E-state index in [2.05, 4.69) is 5.32 Å². The lowest BCUT2D eigenvalue weighted by atomic mass is 10.2. The summed E-state index contributed by atoms with van der Waals surface area (Å²) in [6.45, 7) is -2.02. The van der Waals surface area contributed by atoms with E-state index in [1.54, 1.807) is 17.4 Å². The molecular formula is C13H11Cl2F3N2O2. The molecule has 0 aliphatic carbocycles. The summed E-state index contributed by atoms with van der Waals surface area (Å²) in [5.74, 6) is -1.60. The van der Waals surface area contributed by atoms with Gasteiger partial charge in [0.1, 0.15) is 6.54 Å². The van der Waals surface area contributed by atoms with Crippen molar-refractivity contribution in [2.45, 2.75) is 6.18 Å². The molecule has 0 radical (unpaired) electrons. The summed E-state index contributed by atoms with van der Waals surface area (Å²) in [5.41, 5.74) is 0.492. The van der Waals surface area contributed by atoms with Gasteiger partial charge < -0.3 is 10.6 Å². The molecule has 0 aromatic heterocycles. The van der Waals surface area contributed by atoms with Crippen LogP contribution in [0.2, 0.25) is 10.0 Å². The van der Waals surface area contributed by atoms with Gasteiger partial charge in [0, 0.05) is 16.1 Å². The lowest BCUT2D eigenvalue weighted by Crippen LogP contribution is -2.40. The van der Waals surface area contributed by atoms with Crippen LogP contribution >= 0.6 is 23.2 Å². The first-order chi connectivity index (χ1) is 10.2. The summed E-state index contributed by atoms with van der Waals surface area (Å²) in [7, 11) is 0. The minimum Gasteiger partial charge on any atom is -0.345 e. The van der Waals surface area contributed by atoms with Crippen molar-refractivity contribution in [1.82, 2.24) is 10.6 Å². The monoisotopic (exact) mass is 354 g/mol. The van der Waals surface area contributed by atoms with Crippen LogP contribution in [-0.2, 0) is 9.59 Å². The molecule has 0 spiro atoms. The van der Waals surface area contributed by atoms with Crippen LogP contribution in [0.25, 0.3) is 6.08 Å². The third-order valence-electron chi connectivity index (χ3n) is 2.28. The highest BCUT2D eigenvalue weighted by atomic mass is 35.5. The SMILES string of the molecule is O=C(C=Cc1cc(Cl)ccc1Cl)NCC(=O)NCC(F)(F)F. The van der Waals surface area contributed by atoms with Crippen molar-refractivity contribution >= 4 is 41.1 Å². The Hall–Kier alpha value is -1.73. The van der Waals surface area contributed by atoms with Gasteiger partial charge in [-0.3, -0.25) is 9.59 Å². The molecule has 2 amide bonds. The molecular weight excluding hydrogens is 344 g/mol. The van der Waals surface area contributed by atoms with E-state index >= 15 is 0 Å². The number of hydrogen-bond donors (Lipinski definition) is 2. The van der Waals surface area contributed by atoms with E-state index in [0.29, 0.717) is 15.6 Å². The molecule has 0 saturated heterocycles. The maximum atomic E-state index is 11.9. The number of benzene rings is 1. The average Bonchev–Trinajstić information content (AvgIpc) is 2.43. The minimum absolute atomic E-state index is 0.372. The highest BCUT2D eigenvalue weighted by Crippen LogP contribution is 2.21. The van der Waals surface area contributed by atoms with Crippen LogP contribution in [0.1, 0.15) is 5.56 Å². The molecule has 1 aromatic carbocycles. The van der Waals surface area contributed by atoms with E-state index in [1.165, 1.54) is 12.1 Å². The Morgan fingerprint density at radius 3 is 2.50 bits per heavy atom. The van der Waals surface area contributed by atoms with E-state index in [1.807, 2.05) is 0 Å². The first kappa shape index (κ1) is 18.3. The van der Waals surface area contributed by atoms with Crippen LogP contribution in [0.3, 0.4) is 0 Å². The third-order valence-corrected chi connectivity index (χ3v) is 2.86. The Balaban J connectivity index is 2.45. The Morgan fingerprint density at radius 2 is 1.86 bits per heavy atom. The number of alkyl halides is 3. The quantitative estimate of drug-likeness (QED) is 0.798.